The number of hydrogen-bond acceptors (Lipinski definition) is 5. The standard InChI is InChI=1S/C15H13N3OS2/c1-2-18-13(19)12(10-11-6-4-3-5-7-11)21-15(18)17-14-16-8-9-20-14/h3-10H,2H2,1H3/b12-10-,17-15+. The molecule has 0 unspecified atom stereocenters. The van der Waals surface area contributed by atoms with Gasteiger partial charge in [-0.05, 0) is 30.3 Å². The van der Waals surface area contributed by atoms with Crippen molar-refractivity contribution in [3.05, 3.63) is 52.4 Å². The third kappa shape index (κ3) is 3.06. The molecule has 1 saturated heterocycles. The van der Waals surface area contributed by atoms with E-state index in [1.165, 1.54) is 23.1 Å². The molecule has 0 saturated carbocycles. The van der Waals surface area contributed by atoms with Gasteiger partial charge < -0.3 is 0 Å². The second-order valence-corrected chi connectivity index (χ2v) is 6.16. The smallest absolute Gasteiger partial charge is 0.266 e. The van der Waals surface area contributed by atoms with Gasteiger partial charge in [0, 0.05) is 18.1 Å². The summed E-state index contributed by atoms with van der Waals surface area (Å²) in [5.74, 6) is 0.00154. The Balaban J connectivity index is 1.92. The molecule has 1 aliphatic rings. The van der Waals surface area contributed by atoms with Gasteiger partial charge >= 0.3 is 0 Å². The zero-order chi connectivity index (χ0) is 14.7. The highest BCUT2D eigenvalue weighted by molar-refractivity contribution is 8.18. The molecule has 0 spiro atoms. The molecule has 2 aromatic rings. The number of aromatic nitrogens is 1. The van der Waals surface area contributed by atoms with Gasteiger partial charge in [-0.1, -0.05) is 30.3 Å². The molecule has 1 aliphatic heterocycles. The van der Waals surface area contributed by atoms with Crippen molar-refractivity contribution >= 4 is 45.4 Å². The molecule has 106 valence electrons. The van der Waals surface area contributed by atoms with E-state index in [1.807, 2.05) is 48.7 Å². The first-order valence-electron chi connectivity index (χ1n) is 6.52. The van der Waals surface area contributed by atoms with Crippen molar-refractivity contribution in [1.82, 2.24) is 9.88 Å². The topological polar surface area (TPSA) is 45.6 Å². The van der Waals surface area contributed by atoms with Crippen molar-refractivity contribution in [2.75, 3.05) is 6.54 Å². The van der Waals surface area contributed by atoms with E-state index < -0.39 is 0 Å². The summed E-state index contributed by atoms with van der Waals surface area (Å²) in [5, 5.41) is 3.24. The van der Waals surface area contributed by atoms with Crippen LogP contribution in [0.5, 0.6) is 0 Å². The van der Waals surface area contributed by atoms with E-state index in [4.69, 9.17) is 0 Å². The van der Waals surface area contributed by atoms with Crippen LogP contribution in [0.3, 0.4) is 0 Å². The SMILES string of the molecule is CCN1C(=O)/C(=C/c2ccccc2)S/C1=N/c1nccs1. The number of thioether (sulfide) groups is 1. The maximum atomic E-state index is 12.4. The number of carbonyl (C=O) groups is 1. The van der Waals surface area contributed by atoms with E-state index in [2.05, 4.69) is 9.98 Å². The van der Waals surface area contributed by atoms with E-state index in [0.29, 0.717) is 21.7 Å². The molecule has 0 aliphatic carbocycles. The molecule has 3 rings (SSSR count). The molecule has 1 fully saturated rings. The maximum absolute atomic E-state index is 12.4. The minimum Gasteiger partial charge on any atom is -0.287 e. The van der Waals surface area contributed by atoms with Crippen LogP contribution in [0.2, 0.25) is 0 Å². The molecule has 0 radical (unpaired) electrons. The third-order valence-electron chi connectivity index (χ3n) is 2.91. The van der Waals surface area contributed by atoms with Gasteiger partial charge in [0.05, 0.1) is 4.91 Å². The average Bonchev–Trinajstić information content (AvgIpc) is 3.10. The highest BCUT2D eigenvalue weighted by Crippen LogP contribution is 2.34. The van der Waals surface area contributed by atoms with Crippen LogP contribution < -0.4 is 0 Å². The van der Waals surface area contributed by atoms with Crippen molar-refractivity contribution in [3.8, 4) is 0 Å². The molecule has 6 heteroatoms. The summed E-state index contributed by atoms with van der Waals surface area (Å²) >= 11 is 2.86. The molecular formula is C15H13N3OS2. The summed E-state index contributed by atoms with van der Waals surface area (Å²) in [6, 6.07) is 9.83. The fraction of sp³-hybridized carbons (Fsp3) is 0.133. The highest BCUT2D eigenvalue weighted by Gasteiger charge is 2.32. The van der Waals surface area contributed by atoms with E-state index in [9.17, 15) is 4.79 Å². The zero-order valence-corrected chi connectivity index (χ0v) is 13.0. The average molecular weight is 315 g/mol. The number of carbonyl (C=O) groups excluding carboxylic acids is 1. The normalized spacial score (nSPS) is 18.9. The molecule has 0 N–H and O–H groups in total. The molecule has 1 aromatic carbocycles. The lowest BCUT2D eigenvalue weighted by atomic mass is 10.2. The van der Waals surface area contributed by atoms with Gasteiger partial charge in [-0.25, -0.2) is 4.98 Å². The molecule has 2 heterocycles. The maximum Gasteiger partial charge on any atom is 0.266 e. The molecule has 4 nitrogen and oxygen atoms in total. The molecule has 1 amide bonds. The predicted octanol–water partition coefficient (Wildman–Crippen LogP) is 3.77. The van der Waals surface area contributed by atoms with E-state index in [1.54, 1.807) is 11.1 Å². The van der Waals surface area contributed by atoms with Gasteiger partial charge in [0.25, 0.3) is 5.91 Å². The first-order chi connectivity index (χ1) is 10.3. The minimum absolute atomic E-state index is 0.00154. The number of amidine groups is 1. The Kier molecular flexibility index (Phi) is 4.17. The lowest BCUT2D eigenvalue weighted by Gasteiger charge is -2.11. The number of rotatable bonds is 3. The van der Waals surface area contributed by atoms with Gasteiger partial charge in [0.1, 0.15) is 0 Å². The number of hydrogen-bond donors (Lipinski definition) is 0. The Bertz CT molecular complexity index is 693. The zero-order valence-electron chi connectivity index (χ0n) is 11.4. The monoisotopic (exact) mass is 315 g/mol. The Morgan fingerprint density at radius 3 is 2.81 bits per heavy atom. The Hall–Kier alpha value is -1.92. The Morgan fingerprint density at radius 2 is 2.14 bits per heavy atom. The Labute approximate surface area is 131 Å². The first-order valence-corrected chi connectivity index (χ1v) is 8.22. The predicted molar refractivity (Wildman–Crippen MR) is 88.6 cm³/mol. The van der Waals surface area contributed by atoms with Gasteiger partial charge in [-0.3, -0.25) is 9.69 Å². The van der Waals surface area contributed by atoms with Gasteiger partial charge in [-0.15, -0.1) is 11.3 Å². The Morgan fingerprint density at radius 1 is 1.33 bits per heavy atom. The van der Waals surface area contributed by atoms with Crippen LogP contribution in [0.25, 0.3) is 6.08 Å². The molecule has 1 aromatic heterocycles. The summed E-state index contributed by atoms with van der Waals surface area (Å²) < 4.78 is 0. The largest absolute Gasteiger partial charge is 0.287 e. The van der Waals surface area contributed by atoms with Crippen molar-refractivity contribution in [2.24, 2.45) is 4.99 Å². The minimum atomic E-state index is 0.00154. The summed E-state index contributed by atoms with van der Waals surface area (Å²) in [7, 11) is 0. The number of amides is 1. The number of likely N-dealkylation sites (N-methyl/N-ethyl adjacent to an activating group) is 1. The van der Waals surface area contributed by atoms with Crippen molar-refractivity contribution in [1.29, 1.82) is 0 Å². The second-order valence-electron chi connectivity index (χ2n) is 4.28. The van der Waals surface area contributed by atoms with E-state index >= 15 is 0 Å². The quantitative estimate of drug-likeness (QED) is 0.810. The van der Waals surface area contributed by atoms with Crippen LogP contribution in [-0.4, -0.2) is 27.5 Å². The van der Waals surface area contributed by atoms with Crippen LogP contribution in [0, 0.1) is 0 Å². The fourth-order valence-electron chi connectivity index (χ4n) is 1.92. The molecule has 21 heavy (non-hydrogen) atoms. The number of thiazole rings is 1. The van der Waals surface area contributed by atoms with E-state index in [0.717, 1.165) is 5.56 Å². The van der Waals surface area contributed by atoms with Crippen LogP contribution in [0.15, 0.2) is 51.8 Å². The van der Waals surface area contributed by atoms with Crippen LogP contribution in [0.1, 0.15) is 12.5 Å². The highest BCUT2D eigenvalue weighted by atomic mass is 32.2. The summed E-state index contributed by atoms with van der Waals surface area (Å²) in [4.78, 5) is 23.4. The van der Waals surface area contributed by atoms with Crippen LogP contribution in [-0.2, 0) is 4.79 Å². The van der Waals surface area contributed by atoms with Crippen LogP contribution in [0.4, 0.5) is 5.13 Å². The van der Waals surface area contributed by atoms with Crippen molar-refractivity contribution < 1.29 is 4.79 Å². The van der Waals surface area contributed by atoms with Crippen LogP contribution >= 0.6 is 23.1 Å². The third-order valence-corrected chi connectivity index (χ3v) is 4.58. The first kappa shape index (κ1) is 14.0. The van der Waals surface area contributed by atoms with Gasteiger partial charge in [0.2, 0.25) is 5.13 Å². The number of benzene rings is 1. The summed E-state index contributed by atoms with van der Waals surface area (Å²) in [5.41, 5.74) is 1.01. The molecular weight excluding hydrogens is 302 g/mol. The lowest BCUT2D eigenvalue weighted by Crippen LogP contribution is -2.28. The lowest BCUT2D eigenvalue weighted by molar-refractivity contribution is -0.122. The number of aliphatic imine (C=N–C) groups is 1. The van der Waals surface area contributed by atoms with Crippen molar-refractivity contribution in [2.45, 2.75) is 6.92 Å². The summed E-state index contributed by atoms with van der Waals surface area (Å²) in [6.45, 7) is 2.55. The molecule has 0 bridgehead atoms. The fourth-order valence-corrected chi connectivity index (χ4v) is 3.53. The van der Waals surface area contributed by atoms with Gasteiger partial charge in [-0.2, -0.15) is 4.99 Å². The summed E-state index contributed by atoms with van der Waals surface area (Å²) in [6.07, 6.45) is 3.61. The van der Waals surface area contributed by atoms with Crippen molar-refractivity contribution in [3.63, 3.8) is 0 Å². The van der Waals surface area contributed by atoms with E-state index in [-0.39, 0.29) is 5.91 Å². The van der Waals surface area contributed by atoms with Gasteiger partial charge in [0.15, 0.2) is 5.17 Å². The number of nitrogens with zero attached hydrogens (tertiary/aromatic N) is 3. The molecule has 0 atom stereocenters. The second kappa shape index (κ2) is 6.24.